The number of nitrogens with one attached hydrogen (secondary N) is 1. The molecule has 0 spiro atoms. The predicted molar refractivity (Wildman–Crippen MR) is 30.0 cm³/mol. The molecule has 0 aromatic heterocycles. The SMILES string of the molecule is Cl.F.NNN.O=[N+]([O-])O. The molecule has 0 bridgehead atoms. The number of nitrogens with zero attached hydrogens (tertiary/aromatic N) is 1. The first-order chi connectivity index (χ1) is 3.15. The molecule has 0 aromatic rings. The average molecular weight is 167 g/mol. The fourth-order valence-corrected chi connectivity index (χ4v) is 0. The highest BCUT2D eigenvalue weighted by atomic mass is 35.5. The van der Waals surface area contributed by atoms with Crippen molar-refractivity contribution < 1.29 is 15.0 Å². The van der Waals surface area contributed by atoms with Gasteiger partial charge in [-0.05, 0) is 0 Å². The van der Waals surface area contributed by atoms with Gasteiger partial charge in [0.1, 0.15) is 0 Å². The third kappa shape index (κ3) is 418. The van der Waals surface area contributed by atoms with E-state index >= 15 is 0 Å². The number of hydrazine groups is 2. The van der Waals surface area contributed by atoms with Crippen molar-refractivity contribution >= 4 is 12.4 Å². The molecular weight excluding hydrogens is 158 g/mol. The summed E-state index contributed by atoms with van der Waals surface area (Å²) in [4.78, 5) is 8.36. The van der Waals surface area contributed by atoms with Crippen molar-refractivity contribution in [1.29, 1.82) is 0 Å². The van der Waals surface area contributed by atoms with E-state index in [0.29, 0.717) is 0 Å². The van der Waals surface area contributed by atoms with Gasteiger partial charge in [0.25, 0.3) is 5.09 Å². The lowest BCUT2D eigenvalue weighted by Gasteiger charge is -1.64. The van der Waals surface area contributed by atoms with Crippen molar-refractivity contribution in [1.82, 2.24) is 5.53 Å². The van der Waals surface area contributed by atoms with E-state index in [0.717, 1.165) is 0 Å². The summed E-state index contributed by atoms with van der Waals surface area (Å²) < 4.78 is 0. The zero-order valence-corrected chi connectivity index (χ0v) is 5.00. The first-order valence-electron chi connectivity index (χ1n) is 1.14. The molecule has 7 nitrogen and oxygen atoms in total. The minimum atomic E-state index is -1.50. The van der Waals surface area contributed by atoms with Gasteiger partial charge in [0.05, 0.1) is 0 Å². The summed E-state index contributed by atoms with van der Waals surface area (Å²) in [6, 6.07) is 0. The maximum absolute atomic E-state index is 8.36. The van der Waals surface area contributed by atoms with E-state index in [1.165, 1.54) is 0 Å². The highest BCUT2D eigenvalue weighted by molar-refractivity contribution is 5.85. The molecule has 0 aliphatic rings. The summed E-state index contributed by atoms with van der Waals surface area (Å²) in [5, 5.41) is 13.6. The lowest BCUT2D eigenvalue weighted by Crippen LogP contribution is -2.29. The summed E-state index contributed by atoms with van der Waals surface area (Å²) in [7, 11) is 0. The van der Waals surface area contributed by atoms with Crippen LogP contribution < -0.4 is 17.2 Å². The highest BCUT2D eigenvalue weighted by Gasteiger charge is 1.65. The van der Waals surface area contributed by atoms with Crippen LogP contribution in [-0.2, 0) is 0 Å². The first-order valence-corrected chi connectivity index (χ1v) is 1.14. The van der Waals surface area contributed by atoms with E-state index < -0.39 is 5.09 Å². The van der Waals surface area contributed by atoms with Gasteiger partial charge in [-0.25, -0.2) is 0 Å². The zero-order valence-electron chi connectivity index (χ0n) is 4.18. The molecule has 0 amide bonds. The van der Waals surface area contributed by atoms with E-state index in [1.807, 2.05) is 0 Å². The Kier molecular flexibility index (Phi) is 70.7. The molecule has 0 heterocycles. The van der Waals surface area contributed by atoms with Gasteiger partial charge < -0.3 is 5.21 Å². The van der Waals surface area contributed by atoms with Gasteiger partial charge >= 0.3 is 0 Å². The quantitative estimate of drug-likeness (QED) is 0.198. The fourth-order valence-electron chi connectivity index (χ4n) is 0. The predicted octanol–water partition coefficient (Wildman–Crippen LogP) is -1.45. The third-order valence-electron chi connectivity index (χ3n) is 0. The molecule has 60 valence electrons. The summed E-state index contributed by atoms with van der Waals surface area (Å²) in [5.41, 5.74) is 1.75. The van der Waals surface area contributed by atoms with Gasteiger partial charge in [0.15, 0.2) is 0 Å². The van der Waals surface area contributed by atoms with Crippen molar-refractivity contribution in [3.05, 3.63) is 10.1 Å². The maximum Gasteiger partial charge on any atom is 0.291 e. The average Bonchev–Trinajstić information content (AvgIpc) is 1.33. The molecule has 0 atom stereocenters. The van der Waals surface area contributed by atoms with E-state index in [-0.39, 0.29) is 17.1 Å². The molecular formula is H8ClFN4O3. The Labute approximate surface area is 55.8 Å². The van der Waals surface area contributed by atoms with Crippen LogP contribution >= 0.6 is 12.4 Å². The minimum absolute atomic E-state index is 0. The zero-order chi connectivity index (χ0) is 6.28. The Balaban J connectivity index is -0.0000000233. The normalized spacial score (nSPS) is 4.67. The van der Waals surface area contributed by atoms with E-state index in [1.54, 1.807) is 5.53 Å². The minimum Gasteiger partial charge on any atom is -0.328 e. The maximum atomic E-state index is 8.36. The second-order valence-electron chi connectivity index (χ2n) is 0.405. The largest absolute Gasteiger partial charge is 0.328 e. The Hall–Kier alpha value is -0.700. The van der Waals surface area contributed by atoms with Crippen LogP contribution in [0.2, 0.25) is 0 Å². The van der Waals surface area contributed by atoms with Crippen LogP contribution in [0.5, 0.6) is 0 Å². The number of halogens is 2. The number of hydrogen-bond donors (Lipinski definition) is 4. The summed E-state index contributed by atoms with van der Waals surface area (Å²) in [6.07, 6.45) is 0. The number of nitrogens with two attached hydrogens (primary N) is 2. The second-order valence-corrected chi connectivity index (χ2v) is 0.405. The molecule has 0 aliphatic heterocycles. The molecule has 0 saturated heterocycles. The lowest BCUT2D eigenvalue weighted by atomic mass is 12.6. The van der Waals surface area contributed by atoms with E-state index in [2.05, 4.69) is 11.7 Å². The molecule has 9 heavy (non-hydrogen) atoms. The van der Waals surface area contributed by atoms with Crippen LogP contribution in [0, 0.1) is 10.1 Å². The molecule has 0 rings (SSSR count). The molecule has 9 heteroatoms. The van der Waals surface area contributed by atoms with Crippen molar-refractivity contribution in [3.8, 4) is 0 Å². The number of rotatable bonds is 0. The standard InChI is InChI=1S/ClH.FH.H5N3.HNO3/c;;1-3-2;2-1(3)4/h2*1H;3H,1-2H2;(H,2,3,4). The Morgan fingerprint density at radius 3 is 1.56 bits per heavy atom. The Morgan fingerprint density at radius 1 is 1.56 bits per heavy atom. The van der Waals surface area contributed by atoms with Gasteiger partial charge in [0.2, 0.25) is 0 Å². The van der Waals surface area contributed by atoms with Crippen LogP contribution in [0.3, 0.4) is 0 Å². The summed E-state index contributed by atoms with van der Waals surface area (Å²) in [5.74, 6) is 8.75. The number of hydrogen-bond acceptors (Lipinski definition) is 5. The van der Waals surface area contributed by atoms with Gasteiger partial charge in [-0.1, -0.05) is 0 Å². The van der Waals surface area contributed by atoms with Gasteiger partial charge in [-0.2, -0.15) is 5.53 Å². The van der Waals surface area contributed by atoms with Crippen LogP contribution in [0.25, 0.3) is 0 Å². The van der Waals surface area contributed by atoms with Crippen LogP contribution in [0.4, 0.5) is 4.70 Å². The smallest absolute Gasteiger partial charge is 0.291 e. The molecule has 0 aromatic carbocycles. The Morgan fingerprint density at radius 2 is 1.56 bits per heavy atom. The van der Waals surface area contributed by atoms with E-state index in [4.69, 9.17) is 15.3 Å². The fraction of sp³-hybridized carbons (Fsp3) is 0. The van der Waals surface area contributed by atoms with Crippen LogP contribution in [0.15, 0.2) is 0 Å². The second kappa shape index (κ2) is 26.6. The molecule has 6 N–H and O–H groups in total. The molecule has 0 fully saturated rings. The summed E-state index contributed by atoms with van der Waals surface area (Å²) in [6.45, 7) is 0. The van der Waals surface area contributed by atoms with Gasteiger partial charge in [-0.15, -0.1) is 22.5 Å². The molecule has 0 aliphatic carbocycles. The molecule has 0 unspecified atom stereocenters. The van der Waals surface area contributed by atoms with Gasteiger partial charge in [-0.3, -0.25) is 16.4 Å². The van der Waals surface area contributed by atoms with Crippen LogP contribution in [-0.4, -0.2) is 10.3 Å². The third-order valence-corrected chi connectivity index (χ3v) is 0. The van der Waals surface area contributed by atoms with Crippen molar-refractivity contribution in [2.45, 2.75) is 0 Å². The van der Waals surface area contributed by atoms with Crippen molar-refractivity contribution in [2.24, 2.45) is 11.7 Å². The van der Waals surface area contributed by atoms with Crippen molar-refractivity contribution in [3.63, 3.8) is 0 Å². The summed E-state index contributed by atoms with van der Waals surface area (Å²) >= 11 is 0. The Bertz CT molecular complexity index is 47.1. The molecule has 0 radical (unpaired) electrons. The molecule has 0 saturated carbocycles. The van der Waals surface area contributed by atoms with Crippen LogP contribution in [0.1, 0.15) is 0 Å². The lowest BCUT2D eigenvalue weighted by molar-refractivity contribution is -0.742. The monoisotopic (exact) mass is 166 g/mol. The topological polar surface area (TPSA) is 127 Å². The van der Waals surface area contributed by atoms with Crippen molar-refractivity contribution in [2.75, 3.05) is 0 Å². The first kappa shape index (κ1) is 23.9. The van der Waals surface area contributed by atoms with Gasteiger partial charge in [0, 0.05) is 0 Å². The highest BCUT2D eigenvalue weighted by Crippen LogP contribution is 1.38. The van der Waals surface area contributed by atoms with E-state index in [9.17, 15) is 0 Å².